The maximum absolute atomic E-state index is 13.0. The molecule has 0 atom stereocenters. The van der Waals surface area contributed by atoms with Crippen molar-refractivity contribution < 1.29 is 14.3 Å². The van der Waals surface area contributed by atoms with Crippen LogP contribution in [0.25, 0.3) is 0 Å². The highest BCUT2D eigenvalue weighted by Crippen LogP contribution is 2.24. The second-order valence-corrected chi connectivity index (χ2v) is 4.42. The van der Waals surface area contributed by atoms with Crippen molar-refractivity contribution >= 4 is 21.7 Å². The van der Waals surface area contributed by atoms with E-state index in [0.29, 0.717) is 4.47 Å². The number of carbonyl (C=O) groups is 1. The highest BCUT2D eigenvalue weighted by atomic mass is 79.9. The Labute approximate surface area is 106 Å². The van der Waals surface area contributed by atoms with Gasteiger partial charge in [-0.05, 0) is 30.3 Å². The highest BCUT2D eigenvalue weighted by molar-refractivity contribution is 9.10. The summed E-state index contributed by atoms with van der Waals surface area (Å²) in [7, 11) is 0. The van der Waals surface area contributed by atoms with Gasteiger partial charge in [-0.15, -0.1) is 0 Å². The molecule has 0 aliphatic carbocycles. The summed E-state index contributed by atoms with van der Waals surface area (Å²) in [4.78, 5) is 12.0. The number of phenolic OH excluding ortho intramolecular Hbond substituents is 1. The molecule has 2 aromatic rings. The number of aromatic hydroxyl groups is 1. The lowest BCUT2D eigenvalue weighted by Crippen LogP contribution is -2.02. The van der Waals surface area contributed by atoms with Gasteiger partial charge in [-0.25, -0.2) is 4.39 Å². The Bertz CT molecular complexity index is 581. The average Bonchev–Trinajstić information content (AvgIpc) is 2.31. The summed E-state index contributed by atoms with van der Waals surface area (Å²) in [6.07, 6.45) is 0. The maximum atomic E-state index is 13.0. The number of benzene rings is 2. The summed E-state index contributed by atoms with van der Waals surface area (Å²) < 4.78 is 13.7. The quantitative estimate of drug-likeness (QED) is 0.861. The zero-order valence-corrected chi connectivity index (χ0v) is 10.2. The van der Waals surface area contributed by atoms with E-state index in [9.17, 15) is 14.3 Å². The van der Waals surface area contributed by atoms with Crippen LogP contribution in [0.3, 0.4) is 0 Å². The minimum Gasteiger partial charge on any atom is -0.507 e. The lowest BCUT2D eigenvalue weighted by Gasteiger charge is -2.04. The van der Waals surface area contributed by atoms with Gasteiger partial charge in [0.05, 0.1) is 5.56 Å². The van der Waals surface area contributed by atoms with E-state index < -0.39 is 11.6 Å². The largest absolute Gasteiger partial charge is 0.507 e. The molecule has 2 rings (SSSR count). The van der Waals surface area contributed by atoms with Gasteiger partial charge in [0.25, 0.3) is 0 Å². The van der Waals surface area contributed by atoms with Crippen LogP contribution in [-0.2, 0) is 0 Å². The smallest absolute Gasteiger partial charge is 0.196 e. The number of hydrogen-bond donors (Lipinski definition) is 1. The van der Waals surface area contributed by atoms with Crippen molar-refractivity contribution in [1.29, 1.82) is 0 Å². The van der Waals surface area contributed by atoms with Crippen molar-refractivity contribution in [3.05, 3.63) is 63.9 Å². The van der Waals surface area contributed by atoms with Crippen molar-refractivity contribution in [3.63, 3.8) is 0 Å². The first kappa shape index (κ1) is 11.8. The van der Waals surface area contributed by atoms with Gasteiger partial charge in [-0.2, -0.15) is 0 Å². The third-order valence-corrected chi connectivity index (χ3v) is 2.78. The molecule has 0 fully saturated rings. The van der Waals surface area contributed by atoms with Crippen LogP contribution in [0, 0.1) is 5.82 Å². The molecular weight excluding hydrogens is 287 g/mol. The zero-order valence-electron chi connectivity index (χ0n) is 8.65. The first-order valence-electron chi connectivity index (χ1n) is 4.87. The molecule has 0 bridgehead atoms. The molecule has 1 N–H and O–H groups in total. The molecule has 0 unspecified atom stereocenters. The number of phenols is 1. The molecule has 0 aliphatic rings. The molecular formula is C13H8BrFO2. The van der Waals surface area contributed by atoms with Gasteiger partial charge in [0.1, 0.15) is 11.6 Å². The van der Waals surface area contributed by atoms with Crippen molar-refractivity contribution in [2.75, 3.05) is 0 Å². The van der Waals surface area contributed by atoms with E-state index >= 15 is 0 Å². The predicted octanol–water partition coefficient (Wildman–Crippen LogP) is 3.52. The molecule has 0 aliphatic heterocycles. The highest BCUT2D eigenvalue weighted by Gasteiger charge is 2.14. The zero-order chi connectivity index (χ0) is 12.4. The van der Waals surface area contributed by atoms with Gasteiger partial charge in [-0.3, -0.25) is 4.79 Å². The average molecular weight is 295 g/mol. The molecule has 4 heteroatoms. The van der Waals surface area contributed by atoms with Crippen LogP contribution < -0.4 is 0 Å². The van der Waals surface area contributed by atoms with Gasteiger partial charge in [-0.1, -0.05) is 28.1 Å². The maximum Gasteiger partial charge on any atom is 0.196 e. The van der Waals surface area contributed by atoms with Crippen LogP contribution in [-0.4, -0.2) is 10.9 Å². The van der Waals surface area contributed by atoms with E-state index in [1.54, 1.807) is 6.07 Å². The third kappa shape index (κ3) is 2.53. The van der Waals surface area contributed by atoms with Gasteiger partial charge in [0.15, 0.2) is 5.78 Å². The van der Waals surface area contributed by atoms with Gasteiger partial charge < -0.3 is 5.11 Å². The second-order valence-electron chi connectivity index (χ2n) is 3.50. The van der Waals surface area contributed by atoms with Crippen LogP contribution in [0.2, 0.25) is 0 Å². The number of halogens is 2. The monoisotopic (exact) mass is 294 g/mol. The minimum atomic E-state index is -0.481. The molecule has 0 radical (unpaired) electrons. The number of hydrogen-bond acceptors (Lipinski definition) is 2. The molecule has 0 spiro atoms. The molecule has 0 amide bonds. The summed E-state index contributed by atoms with van der Waals surface area (Å²) >= 11 is 3.21. The molecule has 0 saturated carbocycles. The third-order valence-electron chi connectivity index (χ3n) is 2.29. The molecule has 0 aromatic heterocycles. The fraction of sp³-hybridized carbons (Fsp3) is 0. The van der Waals surface area contributed by atoms with Crippen LogP contribution in [0.5, 0.6) is 5.75 Å². The molecule has 86 valence electrons. The van der Waals surface area contributed by atoms with Crippen LogP contribution in [0.1, 0.15) is 15.9 Å². The van der Waals surface area contributed by atoms with Crippen molar-refractivity contribution in [2.45, 2.75) is 0 Å². The normalized spacial score (nSPS) is 10.2. The summed E-state index contributed by atoms with van der Waals surface area (Å²) in [6, 6.07) is 9.90. The number of carbonyl (C=O) groups excluding carboxylic acids is 1. The summed E-state index contributed by atoms with van der Waals surface area (Å²) in [6.45, 7) is 0. The Hall–Kier alpha value is -1.68. The Morgan fingerprint density at radius 1 is 1.18 bits per heavy atom. The number of ketones is 1. The van der Waals surface area contributed by atoms with E-state index in [1.807, 2.05) is 0 Å². The second kappa shape index (κ2) is 4.67. The Balaban J connectivity index is 2.47. The molecule has 2 nitrogen and oxygen atoms in total. The SMILES string of the molecule is O=C(c1cccc(F)c1)c1cc(Br)ccc1O. The fourth-order valence-electron chi connectivity index (χ4n) is 1.48. The van der Waals surface area contributed by atoms with Gasteiger partial charge >= 0.3 is 0 Å². The minimum absolute atomic E-state index is 0.123. The summed E-state index contributed by atoms with van der Waals surface area (Å²) in [5.74, 6) is -1.02. The first-order valence-corrected chi connectivity index (χ1v) is 5.66. The Morgan fingerprint density at radius 3 is 2.65 bits per heavy atom. The molecule has 0 saturated heterocycles. The van der Waals surface area contributed by atoms with Gasteiger partial charge in [0, 0.05) is 10.0 Å². The standard InChI is InChI=1S/C13H8BrFO2/c14-9-4-5-12(16)11(7-9)13(17)8-2-1-3-10(15)6-8/h1-7,16H. The van der Waals surface area contributed by atoms with Crippen molar-refractivity contribution in [3.8, 4) is 5.75 Å². The molecule has 17 heavy (non-hydrogen) atoms. The lowest BCUT2D eigenvalue weighted by molar-refractivity contribution is 0.103. The van der Waals surface area contributed by atoms with E-state index in [4.69, 9.17) is 0 Å². The van der Waals surface area contributed by atoms with Crippen LogP contribution in [0.4, 0.5) is 4.39 Å². The molecule has 2 aromatic carbocycles. The van der Waals surface area contributed by atoms with Crippen molar-refractivity contribution in [1.82, 2.24) is 0 Å². The predicted molar refractivity (Wildman–Crippen MR) is 65.6 cm³/mol. The van der Waals surface area contributed by atoms with E-state index in [1.165, 1.54) is 30.3 Å². The van der Waals surface area contributed by atoms with E-state index in [-0.39, 0.29) is 16.9 Å². The summed E-state index contributed by atoms with van der Waals surface area (Å²) in [5, 5.41) is 9.60. The fourth-order valence-corrected chi connectivity index (χ4v) is 1.84. The molecule has 0 heterocycles. The topological polar surface area (TPSA) is 37.3 Å². The lowest BCUT2D eigenvalue weighted by atomic mass is 10.0. The van der Waals surface area contributed by atoms with Crippen LogP contribution >= 0.6 is 15.9 Å². The van der Waals surface area contributed by atoms with Crippen LogP contribution in [0.15, 0.2) is 46.9 Å². The Morgan fingerprint density at radius 2 is 1.94 bits per heavy atom. The first-order chi connectivity index (χ1) is 8.08. The van der Waals surface area contributed by atoms with E-state index in [2.05, 4.69) is 15.9 Å². The summed E-state index contributed by atoms with van der Waals surface area (Å²) in [5.41, 5.74) is 0.350. The van der Waals surface area contributed by atoms with E-state index in [0.717, 1.165) is 6.07 Å². The Kier molecular flexibility index (Phi) is 3.24. The van der Waals surface area contributed by atoms with Gasteiger partial charge in [0.2, 0.25) is 0 Å². The van der Waals surface area contributed by atoms with Crippen molar-refractivity contribution in [2.24, 2.45) is 0 Å². The number of rotatable bonds is 2.